The zero-order chi connectivity index (χ0) is 15.2. The van der Waals surface area contributed by atoms with E-state index in [4.69, 9.17) is 4.98 Å². The fourth-order valence-electron chi connectivity index (χ4n) is 2.21. The lowest BCUT2D eigenvalue weighted by Crippen LogP contribution is -2.18. The summed E-state index contributed by atoms with van der Waals surface area (Å²) in [6.45, 7) is 8.65. The first-order chi connectivity index (χ1) is 10.1. The number of aryl methyl sites for hydroxylation is 1. The van der Waals surface area contributed by atoms with Gasteiger partial charge in [0.2, 0.25) is 0 Å². The van der Waals surface area contributed by atoms with E-state index < -0.39 is 0 Å². The monoisotopic (exact) mass is 366 g/mol. The van der Waals surface area contributed by atoms with Crippen molar-refractivity contribution < 1.29 is 0 Å². The molecule has 0 radical (unpaired) electrons. The maximum atomic E-state index is 4.82. The maximum absolute atomic E-state index is 4.82. The van der Waals surface area contributed by atoms with Crippen molar-refractivity contribution in [2.24, 2.45) is 5.92 Å². The molecule has 0 saturated carbocycles. The lowest BCUT2D eigenvalue weighted by atomic mass is 10.2. The van der Waals surface area contributed by atoms with Crippen LogP contribution in [0.4, 0.5) is 0 Å². The van der Waals surface area contributed by atoms with Crippen molar-refractivity contribution in [3.63, 3.8) is 0 Å². The van der Waals surface area contributed by atoms with Gasteiger partial charge in [0.15, 0.2) is 0 Å². The average Bonchev–Trinajstić information content (AvgIpc) is 2.83. The molecule has 0 amide bonds. The smallest absolute Gasteiger partial charge is 0.0975 e. The Morgan fingerprint density at radius 3 is 2.71 bits per heavy atom. The Morgan fingerprint density at radius 2 is 2.05 bits per heavy atom. The van der Waals surface area contributed by atoms with Gasteiger partial charge in [0.1, 0.15) is 0 Å². The lowest BCUT2D eigenvalue weighted by Gasteiger charge is -2.06. The fourth-order valence-corrected chi connectivity index (χ4v) is 3.78. The first kappa shape index (κ1) is 16.7. The van der Waals surface area contributed by atoms with Crippen molar-refractivity contribution >= 4 is 27.3 Å². The van der Waals surface area contributed by atoms with Crippen molar-refractivity contribution in [1.82, 2.24) is 10.3 Å². The number of hydrogen-bond donors (Lipinski definition) is 1. The van der Waals surface area contributed by atoms with Crippen LogP contribution < -0.4 is 5.32 Å². The van der Waals surface area contributed by atoms with Crippen molar-refractivity contribution in [2.75, 3.05) is 6.54 Å². The van der Waals surface area contributed by atoms with Crippen LogP contribution in [-0.4, -0.2) is 11.5 Å². The minimum Gasteiger partial charge on any atom is -0.312 e. The number of halogens is 1. The first-order valence-corrected chi connectivity index (χ1v) is 9.12. The van der Waals surface area contributed by atoms with Crippen LogP contribution in [-0.2, 0) is 19.4 Å². The second kappa shape index (κ2) is 8.06. The third-order valence-corrected chi connectivity index (χ3v) is 5.17. The number of hydrogen-bond acceptors (Lipinski definition) is 3. The van der Waals surface area contributed by atoms with Gasteiger partial charge in [-0.3, -0.25) is 0 Å². The Labute approximate surface area is 140 Å². The van der Waals surface area contributed by atoms with Crippen LogP contribution in [0.1, 0.15) is 41.9 Å². The Morgan fingerprint density at radius 1 is 1.29 bits per heavy atom. The molecule has 0 aliphatic rings. The maximum Gasteiger partial charge on any atom is 0.0975 e. The molecule has 0 fully saturated rings. The summed E-state index contributed by atoms with van der Waals surface area (Å²) in [7, 11) is 0. The summed E-state index contributed by atoms with van der Waals surface area (Å²) in [6, 6.07) is 8.39. The average molecular weight is 367 g/mol. The van der Waals surface area contributed by atoms with Gasteiger partial charge in [0.25, 0.3) is 0 Å². The summed E-state index contributed by atoms with van der Waals surface area (Å²) in [4.78, 5) is 6.21. The van der Waals surface area contributed by atoms with Crippen LogP contribution in [0.5, 0.6) is 0 Å². The van der Waals surface area contributed by atoms with Crippen LogP contribution in [0.15, 0.2) is 28.7 Å². The highest BCUT2D eigenvalue weighted by atomic mass is 79.9. The van der Waals surface area contributed by atoms with E-state index >= 15 is 0 Å². The number of nitrogens with one attached hydrogen (secondary N) is 1. The molecule has 0 spiro atoms. The molecule has 1 aromatic heterocycles. The Hall–Kier alpha value is -0.710. The van der Waals surface area contributed by atoms with Gasteiger partial charge in [-0.2, -0.15) is 0 Å². The Bertz CT molecular complexity index is 578. The third kappa shape index (κ3) is 4.90. The van der Waals surface area contributed by atoms with Crippen molar-refractivity contribution in [1.29, 1.82) is 0 Å². The molecule has 1 heterocycles. The number of benzene rings is 1. The van der Waals surface area contributed by atoms with Gasteiger partial charge in [-0.1, -0.05) is 54.9 Å². The minimum atomic E-state index is 0.683. The summed E-state index contributed by atoms with van der Waals surface area (Å²) in [5.74, 6) is 0.683. The predicted molar refractivity (Wildman–Crippen MR) is 95.0 cm³/mol. The molecular weight excluding hydrogens is 344 g/mol. The Balaban J connectivity index is 2.07. The molecule has 2 nitrogen and oxygen atoms in total. The number of thiazole rings is 1. The molecule has 21 heavy (non-hydrogen) atoms. The van der Waals surface area contributed by atoms with Gasteiger partial charge in [0.05, 0.1) is 10.7 Å². The largest absolute Gasteiger partial charge is 0.312 e. The van der Waals surface area contributed by atoms with Gasteiger partial charge in [-0.25, -0.2) is 4.98 Å². The predicted octanol–water partition coefficient (Wildman–Crippen LogP) is 4.80. The summed E-state index contributed by atoms with van der Waals surface area (Å²) < 4.78 is 1.16. The van der Waals surface area contributed by atoms with Gasteiger partial charge >= 0.3 is 0 Å². The minimum absolute atomic E-state index is 0.683. The zero-order valence-electron chi connectivity index (χ0n) is 12.9. The quantitative estimate of drug-likeness (QED) is 0.760. The summed E-state index contributed by atoms with van der Waals surface area (Å²) in [5.41, 5.74) is 2.55. The highest BCUT2D eigenvalue weighted by Crippen LogP contribution is 2.25. The van der Waals surface area contributed by atoms with Gasteiger partial charge in [-0.05, 0) is 30.5 Å². The topological polar surface area (TPSA) is 24.9 Å². The lowest BCUT2D eigenvalue weighted by molar-refractivity contribution is 0.553. The second-order valence-electron chi connectivity index (χ2n) is 5.62. The molecule has 1 aromatic carbocycles. The van der Waals surface area contributed by atoms with E-state index in [0.29, 0.717) is 5.92 Å². The molecule has 1 N–H and O–H groups in total. The van der Waals surface area contributed by atoms with E-state index in [1.807, 2.05) is 17.4 Å². The molecule has 0 aliphatic carbocycles. The SMILES string of the molecule is CCc1nc(Cc2ccccc2Br)sc1CNCC(C)C. The number of rotatable bonds is 7. The van der Waals surface area contributed by atoms with Crippen LogP contribution in [0.25, 0.3) is 0 Å². The summed E-state index contributed by atoms with van der Waals surface area (Å²) >= 11 is 5.46. The van der Waals surface area contributed by atoms with Gasteiger partial charge in [-0.15, -0.1) is 11.3 Å². The number of nitrogens with zero attached hydrogens (tertiary/aromatic N) is 1. The highest BCUT2D eigenvalue weighted by molar-refractivity contribution is 9.10. The van der Waals surface area contributed by atoms with E-state index in [2.05, 4.69) is 60.2 Å². The molecule has 2 rings (SSSR count). The third-order valence-electron chi connectivity index (χ3n) is 3.30. The van der Waals surface area contributed by atoms with Crippen molar-refractivity contribution in [3.8, 4) is 0 Å². The zero-order valence-corrected chi connectivity index (χ0v) is 15.4. The molecule has 0 atom stereocenters. The molecule has 0 unspecified atom stereocenters. The van der Waals surface area contributed by atoms with Gasteiger partial charge in [0, 0.05) is 22.3 Å². The number of aromatic nitrogens is 1. The van der Waals surface area contributed by atoms with Crippen molar-refractivity contribution in [3.05, 3.63) is 49.9 Å². The van der Waals surface area contributed by atoms with E-state index in [1.54, 1.807) is 0 Å². The van der Waals surface area contributed by atoms with Crippen LogP contribution in [0, 0.1) is 5.92 Å². The van der Waals surface area contributed by atoms with Gasteiger partial charge < -0.3 is 5.32 Å². The molecule has 4 heteroatoms. The van der Waals surface area contributed by atoms with E-state index in [9.17, 15) is 0 Å². The molecule has 2 aromatic rings. The van der Waals surface area contributed by atoms with Crippen LogP contribution >= 0.6 is 27.3 Å². The standard InChI is InChI=1S/C17H23BrN2S/c1-4-15-16(11-19-10-12(2)3)21-17(20-15)9-13-7-5-6-8-14(13)18/h5-8,12,19H,4,9-11H2,1-3H3. The molecule has 0 saturated heterocycles. The fraction of sp³-hybridized carbons (Fsp3) is 0.471. The Kier molecular flexibility index (Phi) is 6.40. The molecule has 114 valence electrons. The van der Waals surface area contributed by atoms with Crippen LogP contribution in [0.2, 0.25) is 0 Å². The van der Waals surface area contributed by atoms with E-state index in [1.165, 1.54) is 21.1 Å². The van der Waals surface area contributed by atoms with Crippen LogP contribution in [0.3, 0.4) is 0 Å². The summed E-state index contributed by atoms with van der Waals surface area (Å²) in [5, 5.41) is 4.73. The normalized spacial score (nSPS) is 11.3. The van der Waals surface area contributed by atoms with E-state index in [-0.39, 0.29) is 0 Å². The van der Waals surface area contributed by atoms with Crippen molar-refractivity contribution in [2.45, 2.75) is 40.2 Å². The first-order valence-electron chi connectivity index (χ1n) is 7.51. The highest BCUT2D eigenvalue weighted by Gasteiger charge is 2.11. The summed E-state index contributed by atoms with van der Waals surface area (Å²) in [6.07, 6.45) is 1.91. The molecule has 0 bridgehead atoms. The second-order valence-corrected chi connectivity index (χ2v) is 7.65. The van der Waals surface area contributed by atoms with E-state index in [0.717, 1.165) is 30.4 Å². The molecular formula is C17H23BrN2S. The molecule has 0 aliphatic heterocycles.